The molecule has 0 bridgehead atoms. The summed E-state index contributed by atoms with van der Waals surface area (Å²) < 4.78 is 19.3. The molecule has 1 aromatic heterocycles. The van der Waals surface area contributed by atoms with Crippen molar-refractivity contribution in [1.29, 1.82) is 0 Å². The second-order valence-electron chi connectivity index (χ2n) is 4.33. The van der Waals surface area contributed by atoms with Gasteiger partial charge in [-0.05, 0) is 30.3 Å². The van der Waals surface area contributed by atoms with Gasteiger partial charge in [-0.2, -0.15) is 0 Å². The Hall–Kier alpha value is -1.84. The third-order valence-corrected chi connectivity index (χ3v) is 3.28. The maximum Gasteiger partial charge on any atom is 0.134 e. The fourth-order valence-electron chi connectivity index (χ4n) is 2.07. The van der Waals surface area contributed by atoms with Crippen LogP contribution in [0.3, 0.4) is 0 Å². The molecule has 0 saturated carbocycles. The van der Waals surface area contributed by atoms with Crippen LogP contribution in [0.4, 0.5) is 4.39 Å². The second kappa shape index (κ2) is 4.68. The maximum atomic E-state index is 13.7. The van der Waals surface area contributed by atoms with Crippen LogP contribution in [0.25, 0.3) is 11.0 Å². The van der Waals surface area contributed by atoms with Crippen molar-refractivity contribution >= 4 is 22.6 Å². The highest BCUT2D eigenvalue weighted by molar-refractivity contribution is 6.31. The standard InChI is InChI=1S/C15H11ClFNO/c16-10-5-6-13-9(7-10)8-14(19-13)15(18)11-3-1-2-4-12(11)17/h1-8,15H,18H2. The third-order valence-electron chi connectivity index (χ3n) is 3.04. The highest BCUT2D eigenvalue weighted by Crippen LogP contribution is 2.29. The van der Waals surface area contributed by atoms with Gasteiger partial charge in [0.05, 0.1) is 6.04 Å². The lowest BCUT2D eigenvalue weighted by Crippen LogP contribution is -2.12. The fraction of sp³-hybridized carbons (Fsp3) is 0.0667. The predicted molar refractivity (Wildman–Crippen MR) is 73.7 cm³/mol. The molecule has 2 nitrogen and oxygen atoms in total. The highest BCUT2D eigenvalue weighted by atomic mass is 35.5. The van der Waals surface area contributed by atoms with E-state index in [1.54, 1.807) is 42.5 Å². The Balaban J connectivity index is 2.07. The largest absolute Gasteiger partial charge is 0.459 e. The fourth-order valence-corrected chi connectivity index (χ4v) is 2.25. The minimum Gasteiger partial charge on any atom is -0.459 e. The Morgan fingerprint density at radius 2 is 1.89 bits per heavy atom. The van der Waals surface area contributed by atoms with E-state index in [2.05, 4.69) is 0 Å². The summed E-state index contributed by atoms with van der Waals surface area (Å²) in [5, 5.41) is 1.48. The van der Waals surface area contributed by atoms with Crippen LogP contribution in [0.2, 0.25) is 5.02 Å². The van der Waals surface area contributed by atoms with Gasteiger partial charge in [0, 0.05) is 16.0 Å². The summed E-state index contributed by atoms with van der Waals surface area (Å²) >= 11 is 5.92. The maximum absolute atomic E-state index is 13.7. The van der Waals surface area contributed by atoms with Crippen molar-refractivity contribution in [1.82, 2.24) is 0 Å². The molecule has 0 spiro atoms. The van der Waals surface area contributed by atoms with E-state index in [-0.39, 0.29) is 5.82 Å². The first-order chi connectivity index (χ1) is 9.15. The quantitative estimate of drug-likeness (QED) is 0.758. The van der Waals surface area contributed by atoms with Crippen molar-refractivity contribution in [3.8, 4) is 0 Å². The Labute approximate surface area is 114 Å². The lowest BCUT2D eigenvalue weighted by molar-refractivity contribution is 0.510. The Kier molecular flexibility index (Phi) is 3.01. The number of hydrogen-bond acceptors (Lipinski definition) is 2. The molecule has 0 radical (unpaired) electrons. The highest BCUT2D eigenvalue weighted by Gasteiger charge is 2.17. The van der Waals surface area contributed by atoms with Gasteiger partial charge >= 0.3 is 0 Å². The van der Waals surface area contributed by atoms with Crippen molar-refractivity contribution < 1.29 is 8.81 Å². The van der Waals surface area contributed by atoms with E-state index >= 15 is 0 Å². The average molecular weight is 276 g/mol. The van der Waals surface area contributed by atoms with Gasteiger partial charge < -0.3 is 10.2 Å². The van der Waals surface area contributed by atoms with Gasteiger partial charge in [0.1, 0.15) is 17.2 Å². The van der Waals surface area contributed by atoms with Crippen LogP contribution in [0.15, 0.2) is 52.9 Å². The number of rotatable bonds is 2. The molecule has 1 heterocycles. The molecule has 0 amide bonds. The minimum absolute atomic E-state index is 0.339. The Bertz CT molecular complexity index is 738. The number of hydrogen-bond donors (Lipinski definition) is 1. The van der Waals surface area contributed by atoms with E-state index in [1.165, 1.54) is 6.07 Å². The van der Waals surface area contributed by atoms with Crippen molar-refractivity contribution in [3.63, 3.8) is 0 Å². The normalized spacial score (nSPS) is 12.8. The second-order valence-corrected chi connectivity index (χ2v) is 4.77. The average Bonchev–Trinajstić information content (AvgIpc) is 2.81. The monoisotopic (exact) mass is 275 g/mol. The predicted octanol–water partition coefficient (Wildman–Crippen LogP) is 4.27. The zero-order valence-electron chi connectivity index (χ0n) is 9.94. The van der Waals surface area contributed by atoms with Crippen LogP contribution < -0.4 is 5.73 Å². The topological polar surface area (TPSA) is 39.2 Å². The summed E-state index contributed by atoms with van der Waals surface area (Å²) in [4.78, 5) is 0. The van der Waals surface area contributed by atoms with Crippen molar-refractivity contribution in [2.75, 3.05) is 0 Å². The van der Waals surface area contributed by atoms with Crippen LogP contribution in [0, 0.1) is 5.82 Å². The molecule has 4 heteroatoms. The summed E-state index contributed by atoms with van der Waals surface area (Å²) in [5.41, 5.74) is 7.15. The first-order valence-electron chi connectivity index (χ1n) is 5.84. The van der Waals surface area contributed by atoms with E-state index in [0.717, 1.165) is 5.39 Å². The van der Waals surface area contributed by atoms with Gasteiger partial charge in [-0.25, -0.2) is 4.39 Å². The molecule has 0 saturated heterocycles. The molecule has 3 rings (SSSR count). The van der Waals surface area contributed by atoms with Crippen LogP contribution >= 0.6 is 11.6 Å². The number of fused-ring (bicyclic) bond motifs is 1. The molecule has 1 atom stereocenters. The number of benzene rings is 2. The molecule has 19 heavy (non-hydrogen) atoms. The first kappa shape index (κ1) is 12.2. The molecule has 0 aliphatic heterocycles. The Morgan fingerprint density at radius 1 is 1.11 bits per heavy atom. The van der Waals surface area contributed by atoms with E-state index in [1.807, 2.05) is 0 Å². The molecular weight excluding hydrogens is 265 g/mol. The SMILES string of the molecule is NC(c1cc2cc(Cl)ccc2o1)c1ccccc1F. The van der Waals surface area contributed by atoms with E-state index in [9.17, 15) is 4.39 Å². The molecule has 2 aromatic carbocycles. The van der Waals surface area contributed by atoms with Crippen LogP contribution in [-0.2, 0) is 0 Å². The van der Waals surface area contributed by atoms with E-state index in [4.69, 9.17) is 21.8 Å². The zero-order chi connectivity index (χ0) is 13.4. The Morgan fingerprint density at radius 3 is 2.68 bits per heavy atom. The summed E-state index contributed by atoms with van der Waals surface area (Å²) in [6, 6.07) is 12.9. The van der Waals surface area contributed by atoms with Crippen LogP contribution in [0.1, 0.15) is 17.4 Å². The summed E-state index contributed by atoms with van der Waals surface area (Å²) in [7, 11) is 0. The lowest BCUT2D eigenvalue weighted by atomic mass is 10.0. The number of nitrogens with two attached hydrogens (primary N) is 1. The summed E-state index contributed by atoms with van der Waals surface area (Å²) in [6.07, 6.45) is 0. The molecule has 2 N–H and O–H groups in total. The van der Waals surface area contributed by atoms with Crippen molar-refractivity contribution in [2.45, 2.75) is 6.04 Å². The van der Waals surface area contributed by atoms with Gasteiger partial charge in [0.15, 0.2) is 0 Å². The minimum atomic E-state index is -0.632. The molecule has 0 aliphatic carbocycles. The van der Waals surface area contributed by atoms with Crippen molar-refractivity contribution in [3.05, 3.63) is 70.7 Å². The third kappa shape index (κ3) is 2.23. The molecule has 96 valence electrons. The lowest BCUT2D eigenvalue weighted by Gasteiger charge is -2.09. The van der Waals surface area contributed by atoms with E-state index < -0.39 is 6.04 Å². The molecule has 1 unspecified atom stereocenters. The van der Waals surface area contributed by atoms with Crippen LogP contribution in [0.5, 0.6) is 0 Å². The number of halogens is 2. The molecule has 0 fully saturated rings. The number of furan rings is 1. The van der Waals surface area contributed by atoms with Gasteiger partial charge in [-0.3, -0.25) is 0 Å². The molecule has 3 aromatic rings. The van der Waals surface area contributed by atoms with E-state index in [0.29, 0.717) is 21.9 Å². The van der Waals surface area contributed by atoms with Gasteiger partial charge in [-0.1, -0.05) is 29.8 Å². The smallest absolute Gasteiger partial charge is 0.134 e. The molecule has 0 aliphatic rings. The van der Waals surface area contributed by atoms with Gasteiger partial charge in [0.2, 0.25) is 0 Å². The zero-order valence-corrected chi connectivity index (χ0v) is 10.7. The summed E-state index contributed by atoms with van der Waals surface area (Å²) in [5.74, 6) is 0.177. The van der Waals surface area contributed by atoms with Crippen LogP contribution in [-0.4, -0.2) is 0 Å². The first-order valence-corrected chi connectivity index (χ1v) is 6.22. The van der Waals surface area contributed by atoms with Gasteiger partial charge in [-0.15, -0.1) is 0 Å². The molecular formula is C15H11ClFNO. The van der Waals surface area contributed by atoms with Gasteiger partial charge in [0.25, 0.3) is 0 Å². The van der Waals surface area contributed by atoms with Crippen molar-refractivity contribution in [2.24, 2.45) is 5.73 Å². The summed E-state index contributed by atoms with van der Waals surface area (Å²) in [6.45, 7) is 0.